The Morgan fingerprint density at radius 1 is 1.25 bits per heavy atom. The zero-order chi connectivity index (χ0) is 13.9. The van der Waals surface area contributed by atoms with Crippen molar-refractivity contribution in [2.45, 2.75) is 0 Å². The van der Waals surface area contributed by atoms with Crippen molar-refractivity contribution in [2.24, 2.45) is 0 Å². The molecule has 1 amide bonds. The lowest BCUT2D eigenvalue weighted by Gasteiger charge is -2.05. The predicted octanol–water partition coefficient (Wildman–Crippen LogP) is 2.24. The Balaban J connectivity index is 1.83. The molecule has 0 atom stereocenters. The normalized spacial score (nSPS) is 10.4. The highest BCUT2D eigenvalue weighted by molar-refractivity contribution is 6.03. The van der Waals surface area contributed by atoms with E-state index in [1.807, 2.05) is 24.3 Å². The van der Waals surface area contributed by atoms with Crippen LogP contribution in [0.15, 0.2) is 48.8 Å². The summed E-state index contributed by atoms with van der Waals surface area (Å²) in [5.74, 6) is 0.178. The summed E-state index contributed by atoms with van der Waals surface area (Å²) in [4.78, 5) is 21.7. The maximum Gasteiger partial charge on any atom is 0.272 e. The molecule has 0 aliphatic heterocycles. The van der Waals surface area contributed by atoms with Crippen molar-refractivity contribution >= 4 is 17.5 Å². The predicted molar refractivity (Wildman–Crippen MR) is 77.2 cm³/mol. The first-order valence-electron chi connectivity index (χ1n) is 6.08. The van der Waals surface area contributed by atoms with E-state index in [4.69, 9.17) is 5.73 Å². The van der Waals surface area contributed by atoms with Gasteiger partial charge in [-0.15, -0.1) is 0 Å². The van der Waals surface area contributed by atoms with Crippen LogP contribution in [0.4, 0.5) is 11.6 Å². The van der Waals surface area contributed by atoms with Crippen LogP contribution in [0.3, 0.4) is 0 Å². The molecular formula is C14H13N5O. The topological polar surface area (TPSA) is 99.6 Å². The Kier molecular flexibility index (Phi) is 2.96. The summed E-state index contributed by atoms with van der Waals surface area (Å²) in [5, 5.41) is 2.83. The van der Waals surface area contributed by atoms with Gasteiger partial charge in [0.2, 0.25) is 0 Å². The molecule has 0 fully saturated rings. The molecule has 0 aliphatic carbocycles. The second-order valence-electron chi connectivity index (χ2n) is 4.30. The summed E-state index contributed by atoms with van der Waals surface area (Å²) in [7, 11) is 0. The van der Waals surface area contributed by atoms with Crippen molar-refractivity contribution in [2.75, 3.05) is 11.1 Å². The number of H-pyrrole nitrogens is 2. The number of carbonyl (C=O) groups is 1. The smallest absolute Gasteiger partial charge is 0.272 e. The maximum absolute atomic E-state index is 11.9. The van der Waals surface area contributed by atoms with Crippen molar-refractivity contribution in [3.63, 3.8) is 0 Å². The molecule has 5 N–H and O–H groups in total. The average Bonchev–Trinajstić information content (AvgIpc) is 3.10. The minimum absolute atomic E-state index is 0.184. The van der Waals surface area contributed by atoms with Gasteiger partial charge in [0.1, 0.15) is 5.69 Å². The van der Waals surface area contributed by atoms with Gasteiger partial charge in [0.25, 0.3) is 5.91 Å². The number of benzene rings is 1. The number of nitrogens with zero attached hydrogens (tertiary/aromatic N) is 1. The lowest BCUT2D eigenvalue weighted by Crippen LogP contribution is -2.12. The van der Waals surface area contributed by atoms with Gasteiger partial charge in [-0.1, -0.05) is 12.1 Å². The highest BCUT2D eigenvalue weighted by Gasteiger charge is 2.07. The number of carbonyl (C=O) groups excluding carboxylic acids is 1. The molecule has 0 unspecified atom stereocenters. The molecule has 2 aromatic heterocycles. The summed E-state index contributed by atoms with van der Waals surface area (Å²) in [6.45, 7) is 0. The van der Waals surface area contributed by atoms with Crippen LogP contribution >= 0.6 is 0 Å². The molecule has 0 spiro atoms. The van der Waals surface area contributed by atoms with Crippen LogP contribution in [0.25, 0.3) is 11.3 Å². The molecule has 3 aromatic rings. The number of hydrogen-bond donors (Lipinski definition) is 4. The molecule has 0 radical (unpaired) electrons. The molecule has 0 bridgehead atoms. The molecule has 100 valence electrons. The van der Waals surface area contributed by atoms with Crippen molar-refractivity contribution < 1.29 is 4.79 Å². The van der Waals surface area contributed by atoms with E-state index in [0.29, 0.717) is 17.3 Å². The Hall–Kier alpha value is -3.02. The van der Waals surface area contributed by atoms with E-state index in [-0.39, 0.29) is 5.91 Å². The van der Waals surface area contributed by atoms with Crippen LogP contribution in [0.5, 0.6) is 0 Å². The average molecular weight is 267 g/mol. The highest BCUT2D eigenvalue weighted by atomic mass is 16.1. The van der Waals surface area contributed by atoms with Crippen molar-refractivity contribution in [3.05, 3.63) is 54.5 Å². The molecule has 6 heteroatoms. The third kappa shape index (κ3) is 2.39. The van der Waals surface area contributed by atoms with Gasteiger partial charge < -0.3 is 21.0 Å². The second kappa shape index (κ2) is 4.93. The number of aromatic nitrogens is 3. The standard InChI is InChI=1S/C14H13N5O/c15-14-17-8-12(19-14)9-3-1-4-10(7-9)18-13(20)11-5-2-6-16-11/h1-8,16H,(H,18,20)(H3,15,17,19). The van der Waals surface area contributed by atoms with Gasteiger partial charge in [-0.3, -0.25) is 4.79 Å². The second-order valence-corrected chi connectivity index (χ2v) is 4.30. The van der Waals surface area contributed by atoms with E-state index in [9.17, 15) is 4.79 Å². The first kappa shape index (κ1) is 12.0. The van der Waals surface area contributed by atoms with Crippen molar-refractivity contribution in [1.82, 2.24) is 15.0 Å². The number of aromatic amines is 2. The van der Waals surface area contributed by atoms with E-state index in [1.54, 1.807) is 24.5 Å². The Morgan fingerprint density at radius 3 is 2.85 bits per heavy atom. The molecule has 0 saturated heterocycles. The largest absolute Gasteiger partial charge is 0.369 e. The van der Waals surface area contributed by atoms with Gasteiger partial charge >= 0.3 is 0 Å². The first-order chi connectivity index (χ1) is 9.72. The van der Waals surface area contributed by atoms with E-state index >= 15 is 0 Å². The summed E-state index contributed by atoms with van der Waals surface area (Å²) >= 11 is 0. The molecule has 3 rings (SSSR count). The molecule has 6 nitrogen and oxygen atoms in total. The quantitative estimate of drug-likeness (QED) is 0.585. The third-order valence-electron chi connectivity index (χ3n) is 2.87. The molecule has 0 aliphatic rings. The van der Waals surface area contributed by atoms with E-state index in [2.05, 4.69) is 20.3 Å². The zero-order valence-corrected chi connectivity index (χ0v) is 10.6. The van der Waals surface area contributed by atoms with Crippen LogP contribution in [-0.4, -0.2) is 20.9 Å². The van der Waals surface area contributed by atoms with E-state index < -0.39 is 0 Å². The zero-order valence-electron chi connectivity index (χ0n) is 10.6. The van der Waals surface area contributed by atoms with Gasteiger partial charge in [0.15, 0.2) is 5.95 Å². The van der Waals surface area contributed by atoms with Crippen molar-refractivity contribution in [1.29, 1.82) is 0 Å². The van der Waals surface area contributed by atoms with Crippen LogP contribution in [-0.2, 0) is 0 Å². The highest BCUT2D eigenvalue weighted by Crippen LogP contribution is 2.21. The Morgan fingerprint density at radius 2 is 2.15 bits per heavy atom. The van der Waals surface area contributed by atoms with E-state index in [0.717, 1.165) is 11.3 Å². The van der Waals surface area contributed by atoms with Crippen LogP contribution < -0.4 is 11.1 Å². The number of hydrogen-bond acceptors (Lipinski definition) is 3. The Bertz CT molecular complexity index is 730. The number of nitrogens with two attached hydrogens (primary N) is 1. The van der Waals surface area contributed by atoms with Gasteiger partial charge in [-0.2, -0.15) is 0 Å². The fourth-order valence-electron chi connectivity index (χ4n) is 1.92. The SMILES string of the molecule is Nc1ncc(-c2cccc(NC(=O)c3ccc[nH]3)c2)[nH]1. The number of anilines is 2. The number of imidazole rings is 1. The minimum atomic E-state index is -0.184. The van der Waals surface area contributed by atoms with Gasteiger partial charge in [0, 0.05) is 17.4 Å². The molecule has 2 heterocycles. The van der Waals surface area contributed by atoms with E-state index in [1.165, 1.54) is 0 Å². The lowest BCUT2D eigenvalue weighted by atomic mass is 10.1. The van der Waals surface area contributed by atoms with Gasteiger partial charge in [0.05, 0.1) is 11.9 Å². The monoisotopic (exact) mass is 267 g/mol. The number of rotatable bonds is 3. The number of nitrogen functional groups attached to an aromatic ring is 1. The van der Waals surface area contributed by atoms with Crippen molar-refractivity contribution in [3.8, 4) is 11.3 Å². The first-order valence-corrected chi connectivity index (χ1v) is 6.08. The number of amides is 1. The van der Waals surface area contributed by atoms with Crippen LogP contribution in [0, 0.1) is 0 Å². The van der Waals surface area contributed by atoms with Crippen LogP contribution in [0.1, 0.15) is 10.5 Å². The summed E-state index contributed by atoms with van der Waals surface area (Å²) in [6, 6.07) is 10.9. The summed E-state index contributed by atoms with van der Waals surface area (Å²) in [5.41, 5.74) is 8.48. The third-order valence-corrected chi connectivity index (χ3v) is 2.87. The fourth-order valence-corrected chi connectivity index (χ4v) is 1.92. The fraction of sp³-hybridized carbons (Fsp3) is 0. The number of nitrogens with one attached hydrogen (secondary N) is 3. The molecule has 20 heavy (non-hydrogen) atoms. The maximum atomic E-state index is 11.9. The van der Waals surface area contributed by atoms with Crippen LogP contribution in [0.2, 0.25) is 0 Å². The molecular weight excluding hydrogens is 254 g/mol. The Labute approximate surface area is 115 Å². The van der Waals surface area contributed by atoms with Gasteiger partial charge in [-0.25, -0.2) is 4.98 Å². The molecule has 1 aromatic carbocycles. The summed E-state index contributed by atoms with van der Waals surface area (Å²) < 4.78 is 0. The lowest BCUT2D eigenvalue weighted by molar-refractivity contribution is 0.102. The molecule has 0 saturated carbocycles. The summed E-state index contributed by atoms with van der Waals surface area (Å²) in [6.07, 6.45) is 3.36. The minimum Gasteiger partial charge on any atom is -0.369 e. The van der Waals surface area contributed by atoms with Gasteiger partial charge in [-0.05, 0) is 24.3 Å².